The second-order valence-electron chi connectivity index (χ2n) is 5.94. The standard InChI is InChI=1S/C17H23NO2/c19-17(13-20-15-9-2-1-3-10-15)18-12-6-8-14-7-4-5-11-16(14)18/h1-3,9-10,14,16H,4-8,11-13H2. The molecule has 0 radical (unpaired) electrons. The lowest BCUT2D eigenvalue weighted by molar-refractivity contribution is -0.139. The first kappa shape index (κ1) is 13.5. The fourth-order valence-corrected chi connectivity index (χ4v) is 3.68. The summed E-state index contributed by atoms with van der Waals surface area (Å²) in [5, 5.41) is 0. The number of carbonyl (C=O) groups is 1. The number of nitrogens with zero attached hydrogens (tertiary/aromatic N) is 1. The maximum Gasteiger partial charge on any atom is 0.260 e. The third-order valence-electron chi connectivity index (χ3n) is 4.67. The van der Waals surface area contributed by atoms with Gasteiger partial charge in [0, 0.05) is 12.6 Å². The van der Waals surface area contributed by atoms with E-state index in [0.29, 0.717) is 6.04 Å². The van der Waals surface area contributed by atoms with Gasteiger partial charge < -0.3 is 9.64 Å². The van der Waals surface area contributed by atoms with Crippen LogP contribution in [0.25, 0.3) is 0 Å². The Balaban J connectivity index is 1.58. The first-order chi connectivity index (χ1) is 9.84. The quantitative estimate of drug-likeness (QED) is 0.846. The summed E-state index contributed by atoms with van der Waals surface area (Å²) in [7, 11) is 0. The van der Waals surface area contributed by atoms with E-state index >= 15 is 0 Å². The summed E-state index contributed by atoms with van der Waals surface area (Å²) in [4.78, 5) is 14.5. The molecule has 108 valence electrons. The van der Waals surface area contributed by atoms with E-state index in [-0.39, 0.29) is 12.5 Å². The van der Waals surface area contributed by atoms with Crippen LogP contribution in [-0.2, 0) is 4.79 Å². The fraction of sp³-hybridized carbons (Fsp3) is 0.588. The molecule has 3 heteroatoms. The summed E-state index contributed by atoms with van der Waals surface area (Å²) in [6.07, 6.45) is 7.54. The van der Waals surface area contributed by atoms with Crippen LogP contribution in [0.4, 0.5) is 0 Å². The second kappa shape index (κ2) is 6.29. The van der Waals surface area contributed by atoms with Crippen LogP contribution in [-0.4, -0.2) is 30.0 Å². The Morgan fingerprint density at radius 3 is 2.70 bits per heavy atom. The van der Waals surface area contributed by atoms with Gasteiger partial charge in [-0.1, -0.05) is 31.0 Å². The molecule has 3 rings (SSSR count). The normalized spacial score (nSPS) is 25.9. The number of para-hydroxylation sites is 1. The van der Waals surface area contributed by atoms with Gasteiger partial charge in [-0.15, -0.1) is 0 Å². The fourth-order valence-electron chi connectivity index (χ4n) is 3.68. The van der Waals surface area contributed by atoms with Crippen LogP contribution in [0.5, 0.6) is 5.75 Å². The summed E-state index contributed by atoms with van der Waals surface area (Å²) < 4.78 is 5.61. The van der Waals surface area contributed by atoms with Gasteiger partial charge in [0.2, 0.25) is 0 Å². The van der Waals surface area contributed by atoms with E-state index in [0.717, 1.165) is 24.6 Å². The van der Waals surface area contributed by atoms with Crippen molar-refractivity contribution in [1.29, 1.82) is 0 Å². The highest BCUT2D eigenvalue weighted by Gasteiger charge is 2.35. The number of fused-ring (bicyclic) bond motifs is 1. The lowest BCUT2D eigenvalue weighted by Gasteiger charge is -2.44. The molecule has 0 bridgehead atoms. The van der Waals surface area contributed by atoms with E-state index in [2.05, 4.69) is 4.90 Å². The number of likely N-dealkylation sites (tertiary alicyclic amines) is 1. The van der Waals surface area contributed by atoms with Crippen molar-refractivity contribution in [3.05, 3.63) is 30.3 Å². The van der Waals surface area contributed by atoms with Gasteiger partial charge in [-0.05, 0) is 43.7 Å². The lowest BCUT2D eigenvalue weighted by Crippen LogP contribution is -2.51. The molecule has 1 amide bonds. The van der Waals surface area contributed by atoms with Crippen LogP contribution >= 0.6 is 0 Å². The predicted octanol–water partition coefficient (Wildman–Crippen LogP) is 3.25. The number of benzene rings is 1. The molecule has 2 fully saturated rings. The van der Waals surface area contributed by atoms with Gasteiger partial charge in [-0.3, -0.25) is 4.79 Å². The zero-order valence-corrected chi connectivity index (χ0v) is 12.0. The van der Waals surface area contributed by atoms with Crippen LogP contribution in [0, 0.1) is 5.92 Å². The minimum absolute atomic E-state index is 0.158. The first-order valence-electron chi connectivity index (χ1n) is 7.82. The van der Waals surface area contributed by atoms with Crippen molar-refractivity contribution in [2.24, 2.45) is 5.92 Å². The molecular formula is C17H23NO2. The summed E-state index contributed by atoms with van der Waals surface area (Å²) >= 11 is 0. The van der Waals surface area contributed by atoms with E-state index in [1.54, 1.807) is 0 Å². The van der Waals surface area contributed by atoms with Gasteiger partial charge in [0.25, 0.3) is 5.91 Å². The van der Waals surface area contributed by atoms with Gasteiger partial charge >= 0.3 is 0 Å². The summed E-state index contributed by atoms with van der Waals surface area (Å²) in [5.74, 6) is 1.67. The minimum atomic E-state index is 0.158. The number of ether oxygens (including phenoxy) is 1. The summed E-state index contributed by atoms with van der Waals surface area (Å²) in [6, 6.07) is 10.1. The molecule has 3 nitrogen and oxygen atoms in total. The molecule has 0 aromatic heterocycles. The molecule has 1 saturated heterocycles. The number of piperidine rings is 1. The third-order valence-corrected chi connectivity index (χ3v) is 4.67. The van der Waals surface area contributed by atoms with Crippen LogP contribution in [0.3, 0.4) is 0 Å². The second-order valence-corrected chi connectivity index (χ2v) is 5.94. The Morgan fingerprint density at radius 2 is 1.85 bits per heavy atom. The highest BCUT2D eigenvalue weighted by molar-refractivity contribution is 5.78. The molecular weight excluding hydrogens is 250 g/mol. The Bertz CT molecular complexity index is 444. The maximum absolute atomic E-state index is 12.4. The van der Waals surface area contributed by atoms with Crippen LogP contribution in [0.1, 0.15) is 38.5 Å². The van der Waals surface area contributed by atoms with E-state index < -0.39 is 0 Å². The van der Waals surface area contributed by atoms with Crippen molar-refractivity contribution >= 4 is 5.91 Å². The first-order valence-corrected chi connectivity index (χ1v) is 7.82. The van der Waals surface area contributed by atoms with Gasteiger partial charge in [0.15, 0.2) is 6.61 Å². The van der Waals surface area contributed by atoms with E-state index in [1.165, 1.54) is 32.1 Å². The molecule has 1 saturated carbocycles. The number of hydrogen-bond donors (Lipinski definition) is 0. The highest BCUT2D eigenvalue weighted by atomic mass is 16.5. The molecule has 20 heavy (non-hydrogen) atoms. The highest BCUT2D eigenvalue weighted by Crippen LogP contribution is 2.35. The molecule has 1 heterocycles. The average Bonchev–Trinajstić information content (AvgIpc) is 2.53. The summed E-state index contributed by atoms with van der Waals surface area (Å²) in [6.45, 7) is 1.09. The Kier molecular flexibility index (Phi) is 4.24. The molecule has 1 aliphatic carbocycles. The van der Waals surface area contributed by atoms with Crippen LogP contribution in [0.2, 0.25) is 0 Å². The van der Waals surface area contributed by atoms with Gasteiger partial charge in [-0.2, -0.15) is 0 Å². The predicted molar refractivity (Wildman–Crippen MR) is 78.6 cm³/mol. The zero-order chi connectivity index (χ0) is 13.8. The third kappa shape index (κ3) is 2.97. The zero-order valence-electron chi connectivity index (χ0n) is 12.0. The van der Waals surface area contributed by atoms with Gasteiger partial charge in [0.1, 0.15) is 5.75 Å². The van der Waals surface area contributed by atoms with Crippen molar-refractivity contribution in [2.45, 2.75) is 44.6 Å². The SMILES string of the molecule is O=C(COc1ccccc1)N1CCCC2CCCCC21. The van der Waals surface area contributed by atoms with Crippen molar-refractivity contribution in [3.8, 4) is 5.75 Å². The topological polar surface area (TPSA) is 29.5 Å². The number of carbonyl (C=O) groups excluding carboxylic acids is 1. The molecule has 2 atom stereocenters. The Morgan fingerprint density at radius 1 is 1.10 bits per heavy atom. The molecule has 0 N–H and O–H groups in total. The molecule has 1 aromatic carbocycles. The van der Waals surface area contributed by atoms with Crippen molar-refractivity contribution in [2.75, 3.05) is 13.2 Å². The van der Waals surface area contributed by atoms with Crippen molar-refractivity contribution < 1.29 is 9.53 Å². The Labute approximate surface area is 120 Å². The van der Waals surface area contributed by atoms with Gasteiger partial charge in [-0.25, -0.2) is 0 Å². The molecule has 0 spiro atoms. The minimum Gasteiger partial charge on any atom is -0.484 e. The number of amides is 1. The van der Waals surface area contributed by atoms with E-state index in [4.69, 9.17) is 4.74 Å². The molecule has 2 unspecified atom stereocenters. The van der Waals surface area contributed by atoms with Crippen molar-refractivity contribution in [1.82, 2.24) is 4.90 Å². The summed E-state index contributed by atoms with van der Waals surface area (Å²) in [5.41, 5.74) is 0. The van der Waals surface area contributed by atoms with E-state index in [1.807, 2.05) is 30.3 Å². The smallest absolute Gasteiger partial charge is 0.260 e. The largest absolute Gasteiger partial charge is 0.484 e. The van der Waals surface area contributed by atoms with Crippen LogP contribution in [0.15, 0.2) is 30.3 Å². The monoisotopic (exact) mass is 273 g/mol. The number of hydrogen-bond acceptors (Lipinski definition) is 2. The number of rotatable bonds is 3. The molecule has 1 aliphatic heterocycles. The molecule has 1 aromatic rings. The average molecular weight is 273 g/mol. The van der Waals surface area contributed by atoms with E-state index in [9.17, 15) is 4.79 Å². The lowest BCUT2D eigenvalue weighted by atomic mass is 9.78. The van der Waals surface area contributed by atoms with Crippen molar-refractivity contribution in [3.63, 3.8) is 0 Å². The maximum atomic E-state index is 12.4. The van der Waals surface area contributed by atoms with Gasteiger partial charge in [0.05, 0.1) is 0 Å². The Hall–Kier alpha value is -1.51. The van der Waals surface area contributed by atoms with Crippen LogP contribution < -0.4 is 4.74 Å². The molecule has 2 aliphatic rings.